The van der Waals surface area contributed by atoms with Crippen LogP contribution in [-0.2, 0) is 0 Å². The molecular weight excluding hydrogens is 218 g/mol. The van der Waals surface area contributed by atoms with E-state index in [2.05, 4.69) is 25.3 Å². The highest BCUT2D eigenvalue weighted by Gasteiger charge is 2.07. The zero-order valence-electron chi connectivity index (χ0n) is 9.81. The predicted octanol–water partition coefficient (Wildman–Crippen LogP) is 1.09. The van der Waals surface area contributed by atoms with Crippen molar-refractivity contribution in [2.45, 2.75) is 19.9 Å². The largest absolute Gasteiger partial charge is 0.392 e. The normalized spacial score (nSPS) is 13.9. The Kier molecular flexibility index (Phi) is 3.34. The van der Waals surface area contributed by atoms with E-state index in [1.54, 1.807) is 6.33 Å². The van der Waals surface area contributed by atoms with E-state index in [1.807, 2.05) is 19.9 Å². The lowest BCUT2D eigenvalue weighted by atomic mass is 10.2. The minimum atomic E-state index is 0.0647. The third kappa shape index (κ3) is 2.59. The maximum atomic E-state index is 8.95. The number of fused-ring (bicyclic) bond motifs is 1. The van der Waals surface area contributed by atoms with Gasteiger partial charge in [-0.2, -0.15) is 0 Å². The summed E-state index contributed by atoms with van der Waals surface area (Å²) in [4.78, 5) is 15.3. The summed E-state index contributed by atoms with van der Waals surface area (Å²) in [5, 5.41) is 12.2. The molecule has 2 heterocycles. The first kappa shape index (κ1) is 11.5. The number of imidazole rings is 1. The van der Waals surface area contributed by atoms with Crippen LogP contribution in [0.5, 0.6) is 0 Å². The average molecular weight is 233 g/mol. The second-order valence-corrected chi connectivity index (χ2v) is 3.93. The van der Waals surface area contributed by atoms with E-state index in [0.29, 0.717) is 11.5 Å². The van der Waals surface area contributed by atoms with Gasteiger partial charge in [0.05, 0.1) is 12.9 Å². The van der Waals surface area contributed by atoms with Crippen molar-refractivity contribution in [1.82, 2.24) is 19.9 Å². The highest BCUT2D eigenvalue weighted by Crippen LogP contribution is 2.15. The lowest BCUT2D eigenvalue weighted by molar-refractivity contribution is 0.331. The summed E-state index contributed by atoms with van der Waals surface area (Å²) in [6.45, 7) is 3.93. The molecule has 0 aliphatic rings. The molecule has 17 heavy (non-hydrogen) atoms. The first-order valence-electron chi connectivity index (χ1n) is 5.39. The maximum absolute atomic E-state index is 8.95. The molecule has 0 fully saturated rings. The van der Waals surface area contributed by atoms with E-state index in [0.717, 1.165) is 11.1 Å². The second-order valence-electron chi connectivity index (χ2n) is 3.93. The van der Waals surface area contributed by atoms with Gasteiger partial charge in [0.2, 0.25) is 0 Å². The van der Waals surface area contributed by atoms with Crippen molar-refractivity contribution in [3.8, 4) is 0 Å². The Balaban J connectivity index is 2.21. The number of hydrogen-bond donors (Lipinski definition) is 3. The Labute approximate surface area is 98.8 Å². The van der Waals surface area contributed by atoms with Gasteiger partial charge in [-0.15, -0.1) is 0 Å². The Morgan fingerprint density at radius 2 is 2.35 bits per heavy atom. The minimum Gasteiger partial charge on any atom is -0.392 e. The maximum Gasteiger partial charge on any atom is 0.182 e. The molecule has 0 saturated heterocycles. The molecule has 1 atom stereocenters. The number of anilines is 1. The van der Waals surface area contributed by atoms with Gasteiger partial charge in [-0.25, -0.2) is 15.0 Å². The number of rotatable bonds is 4. The van der Waals surface area contributed by atoms with Gasteiger partial charge < -0.3 is 15.4 Å². The molecule has 0 aliphatic heterocycles. The Morgan fingerprint density at radius 3 is 3.12 bits per heavy atom. The molecule has 0 saturated carbocycles. The van der Waals surface area contributed by atoms with Gasteiger partial charge in [-0.3, -0.25) is 0 Å². The third-order valence-electron chi connectivity index (χ3n) is 2.37. The Morgan fingerprint density at radius 1 is 1.53 bits per heavy atom. The molecule has 6 heteroatoms. The molecule has 2 rings (SSSR count). The lowest BCUT2D eigenvalue weighted by Gasteiger charge is -2.11. The van der Waals surface area contributed by atoms with Gasteiger partial charge >= 0.3 is 0 Å². The van der Waals surface area contributed by atoms with E-state index in [4.69, 9.17) is 5.11 Å². The number of H-pyrrole nitrogens is 1. The van der Waals surface area contributed by atoms with E-state index in [9.17, 15) is 0 Å². The summed E-state index contributed by atoms with van der Waals surface area (Å²) in [7, 11) is 0. The quantitative estimate of drug-likeness (QED) is 0.688. The number of nitrogens with zero attached hydrogens (tertiary/aromatic N) is 3. The zero-order valence-corrected chi connectivity index (χ0v) is 9.81. The average Bonchev–Trinajstić information content (AvgIpc) is 2.78. The van der Waals surface area contributed by atoms with Gasteiger partial charge in [0.25, 0.3) is 0 Å². The van der Waals surface area contributed by atoms with Gasteiger partial charge in [0.1, 0.15) is 11.8 Å². The number of aromatic nitrogens is 4. The zero-order chi connectivity index (χ0) is 12.3. The minimum absolute atomic E-state index is 0.0647. The van der Waals surface area contributed by atoms with Crippen LogP contribution in [-0.4, -0.2) is 37.7 Å². The summed E-state index contributed by atoms with van der Waals surface area (Å²) in [5.74, 6) is 0.710. The predicted molar refractivity (Wildman–Crippen MR) is 65.6 cm³/mol. The van der Waals surface area contributed by atoms with Crippen LogP contribution in [0.4, 0.5) is 5.82 Å². The molecular formula is C11H15N5O. The van der Waals surface area contributed by atoms with Crippen molar-refractivity contribution < 1.29 is 5.11 Å². The Hall–Kier alpha value is -1.95. The SMILES string of the molecule is C/C(=C\[C@@H](C)Nc1ncnc2nc[nH]c12)CO. The number of aliphatic hydroxyl groups excluding tert-OH is 1. The molecule has 0 radical (unpaired) electrons. The summed E-state index contributed by atoms with van der Waals surface area (Å²) in [6, 6.07) is 0.0727. The van der Waals surface area contributed by atoms with Gasteiger partial charge in [0, 0.05) is 6.04 Å². The first-order chi connectivity index (χ1) is 8.20. The summed E-state index contributed by atoms with van der Waals surface area (Å²) in [5.41, 5.74) is 2.34. The molecule has 2 aromatic heterocycles. The van der Waals surface area contributed by atoms with Crippen molar-refractivity contribution in [3.05, 3.63) is 24.3 Å². The molecule has 2 aromatic rings. The van der Waals surface area contributed by atoms with Crippen molar-refractivity contribution in [2.75, 3.05) is 11.9 Å². The van der Waals surface area contributed by atoms with Gasteiger partial charge in [-0.1, -0.05) is 11.6 Å². The van der Waals surface area contributed by atoms with Crippen LogP contribution in [0.25, 0.3) is 11.2 Å². The van der Waals surface area contributed by atoms with Crippen molar-refractivity contribution in [1.29, 1.82) is 0 Å². The van der Waals surface area contributed by atoms with Crippen LogP contribution in [0.3, 0.4) is 0 Å². The standard InChI is InChI=1S/C11H15N5O/c1-7(4-17)3-8(2)16-11-9-10(13-5-12-9)14-6-15-11/h3,5-6,8,17H,4H2,1-2H3,(H2,12,13,14,15,16)/b7-3+/t8-/m1/s1. The molecule has 0 amide bonds. The van der Waals surface area contributed by atoms with E-state index >= 15 is 0 Å². The van der Waals surface area contributed by atoms with E-state index in [1.165, 1.54) is 6.33 Å². The molecule has 0 bridgehead atoms. The van der Waals surface area contributed by atoms with Crippen molar-refractivity contribution >= 4 is 17.0 Å². The van der Waals surface area contributed by atoms with Crippen LogP contribution < -0.4 is 5.32 Å². The molecule has 0 aliphatic carbocycles. The first-order valence-corrected chi connectivity index (χ1v) is 5.39. The van der Waals surface area contributed by atoms with Crippen LogP contribution >= 0.6 is 0 Å². The van der Waals surface area contributed by atoms with Crippen LogP contribution in [0.2, 0.25) is 0 Å². The molecule has 0 spiro atoms. The molecule has 6 nitrogen and oxygen atoms in total. The fraction of sp³-hybridized carbons (Fsp3) is 0.364. The number of hydrogen-bond acceptors (Lipinski definition) is 5. The van der Waals surface area contributed by atoms with Gasteiger partial charge in [0.15, 0.2) is 11.5 Å². The van der Waals surface area contributed by atoms with E-state index in [-0.39, 0.29) is 12.6 Å². The lowest BCUT2D eigenvalue weighted by Crippen LogP contribution is -2.14. The molecule has 90 valence electrons. The van der Waals surface area contributed by atoms with Gasteiger partial charge in [-0.05, 0) is 13.8 Å². The molecule has 3 N–H and O–H groups in total. The van der Waals surface area contributed by atoms with Crippen molar-refractivity contribution in [3.63, 3.8) is 0 Å². The monoisotopic (exact) mass is 233 g/mol. The fourth-order valence-electron chi connectivity index (χ4n) is 1.61. The summed E-state index contributed by atoms with van der Waals surface area (Å²) < 4.78 is 0. The summed E-state index contributed by atoms with van der Waals surface area (Å²) in [6.07, 6.45) is 5.01. The smallest absolute Gasteiger partial charge is 0.182 e. The summed E-state index contributed by atoms with van der Waals surface area (Å²) >= 11 is 0. The Bertz CT molecular complexity index is 533. The van der Waals surface area contributed by atoms with E-state index < -0.39 is 0 Å². The van der Waals surface area contributed by atoms with Crippen molar-refractivity contribution in [2.24, 2.45) is 0 Å². The highest BCUT2D eigenvalue weighted by atomic mass is 16.3. The molecule has 0 unspecified atom stereocenters. The van der Waals surface area contributed by atoms with Crippen LogP contribution in [0, 0.1) is 0 Å². The fourth-order valence-corrected chi connectivity index (χ4v) is 1.61. The molecule has 0 aromatic carbocycles. The van der Waals surface area contributed by atoms with Crippen LogP contribution in [0.1, 0.15) is 13.8 Å². The third-order valence-corrected chi connectivity index (χ3v) is 2.37. The highest BCUT2D eigenvalue weighted by molar-refractivity contribution is 5.82. The second kappa shape index (κ2) is 4.92. The number of aromatic amines is 1. The number of nitrogens with one attached hydrogen (secondary N) is 2. The number of aliphatic hydroxyl groups is 1. The van der Waals surface area contributed by atoms with Crippen LogP contribution in [0.15, 0.2) is 24.3 Å². The topological polar surface area (TPSA) is 86.7 Å².